The number of benzene rings is 2. The van der Waals surface area contributed by atoms with Gasteiger partial charge in [0.1, 0.15) is 18.1 Å². The molecule has 1 amide bonds. The first kappa shape index (κ1) is 26.6. The van der Waals surface area contributed by atoms with Crippen LogP contribution in [0.3, 0.4) is 0 Å². The lowest BCUT2D eigenvalue weighted by Gasteiger charge is -2.29. The monoisotopic (exact) mass is 527 g/mol. The van der Waals surface area contributed by atoms with Crippen molar-refractivity contribution in [2.75, 3.05) is 39.4 Å². The minimum atomic E-state index is -0.708. The molecule has 5 rings (SSSR count). The van der Waals surface area contributed by atoms with Crippen molar-refractivity contribution in [3.8, 4) is 5.75 Å². The quantitative estimate of drug-likeness (QED) is 0.254. The zero-order valence-electron chi connectivity index (χ0n) is 22.1. The highest BCUT2D eigenvalue weighted by atomic mass is 16.5. The van der Waals surface area contributed by atoms with Crippen LogP contribution in [-0.4, -0.2) is 71.0 Å². The van der Waals surface area contributed by atoms with E-state index >= 15 is 0 Å². The predicted octanol–water partition coefficient (Wildman–Crippen LogP) is 4.11. The molecular weight excluding hydrogens is 494 g/mol. The second-order valence-electron chi connectivity index (χ2n) is 9.89. The Kier molecular flexibility index (Phi) is 8.34. The second-order valence-corrected chi connectivity index (χ2v) is 9.89. The number of ketones is 1. The lowest BCUT2D eigenvalue weighted by Crippen LogP contribution is -2.39. The van der Waals surface area contributed by atoms with Crippen LogP contribution in [0.1, 0.15) is 34.7 Å². The van der Waals surface area contributed by atoms with Crippen molar-refractivity contribution in [3.05, 3.63) is 101 Å². The minimum absolute atomic E-state index is 0.0767. The number of carbonyl (C=O) groups is 2. The third-order valence-electron chi connectivity index (χ3n) is 7.13. The number of ether oxygens (including phenoxy) is 2. The molecule has 202 valence electrons. The summed E-state index contributed by atoms with van der Waals surface area (Å²) in [4.78, 5) is 34.5. The molecule has 1 aromatic heterocycles. The van der Waals surface area contributed by atoms with Crippen LogP contribution in [0, 0.1) is 6.92 Å². The fraction of sp³-hybridized carbons (Fsp3) is 0.323. The fourth-order valence-electron chi connectivity index (χ4n) is 5.12. The van der Waals surface area contributed by atoms with Crippen LogP contribution < -0.4 is 4.74 Å². The van der Waals surface area contributed by atoms with Gasteiger partial charge in [0.25, 0.3) is 11.7 Å². The Morgan fingerprint density at radius 3 is 2.56 bits per heavy atom. The Labute approximate surface area is 228 Å². The van der Waals surface area contributed by atoms with Crippen LogP contribution in [0.15, 0.2) is 78.6 Å². The highest BCUT2D eigenvalue weighted by Crippen LogP contribution is 2.39. The van der Waals surface area contributed by atoms with Gasteiger partial charge in [-0.3, -0.25) is 19.5 Å². The molecule has 2 aliphatic heterocycles. The van der Waals surface area contributed by atoms with E-state index in [0.29, 0.717) is 49.7 Å². The Bertz CT molecular complexity index is 1330. The number of hydrogen-bond acceptors (Lipinski definition) is 7. The molecule has 8 nitrogen and oxygen atoms in total. The van der Waals surface area contributed by atoms with E-state index in [4.69, 9.17) is 9.47 Å². The van der Waals surface area contributed by atoms with Gasteiger partial charge in [-0.1, -0.05) is 35.9 Å². The van der Waals surface area contributed by atoms with E-state index in [1.54, 1.807) is 47.6 Å². The molecular formula is C31H33N3O5. The summed E-state index contributed by atoms with van der Waals surface area (Å²) >= 11 is 0. The summed E-state index contributed by atoms with van der Waals surface area (Å²) in [6, 6.07) is 17.9. The van der Waals surface area contributed by atoms with E-state index in [9.17, 15) is 14.7 Å². The highest BCUT2D eigenvalue weighted by Gasteiger charge is 2.45. The van der Waals surface area contributed by atoms with Gasteiger partial charge in [-0.25, -0.2) is 0 Å². The van der Waals surface area contributed by atoms with E-state index < -0.39 is 17.7 Å². The number of hydrogen-bond donors (Lipinski definition) is 1. The van der Waals surface area contributed by atoms with Crippen molar-refractivity contribution in [2.45, 2.75) is 26.0 Å². The average molecular weight is 528 g/mol. The molecule has 1 N–H and O–H groups in total. The number of carbonyl (C=O) groups excluding carboxylic acids is 2. The van der Waals surface area contributed by atoms with Crippen LogP contribution in [0.25, 0.3) is 5.76 Å². The van der Waals surface area contributed by atoms with E-state index in [-0.39, 0.29) is 11.3 Å². The first-order chi connectivity index (χ1) is 19.0. The standard InChI is InChI=1S/C31H33N3O5/c1-22-5-2-6-23(19-22)21-39-26-10-8-24(9-11-26)29(35)27-28(25-7-3-12-32-20-25)34(31(37)30(27)36)14-4-13-33-15-17-38-18-16-33/h2-3,5-12,19-20,28,35H,4,13-18,21H2,1H3/b29-27+/t28-/m1/s1. The van der Waals surface area contributed by atoms with Crippen LogP contribution >= 0.6 is 0 Å². The topological polar surface area (TPSA) is 92.2 Å². The Morgan fingerprint density at radius 1 is 1.05 bits per heavy atom. The van der Waals surface area contributed by atoms with Gasteiger partial charge < -0.3 is 19.5 Å². The minimum Gasteiger partial charge on any atom is -0.507 e. The zero-order chi connectivity index (χ0) is 27.2. The van der Waals surface area contributed by atoms with E-state index in [1.807, 2.05) is 31.2 Å². The second kappa shape index (κ2) is 12.2. The normalized spacial score (nSPS) is 19.4. The molecule has 0 spiro atoms. The maximum atomic E-state index is 13.3. The summed E-state index contributed by atoms with van der Waals surface area (Å²) in [7, 11) is 0. The first-order valence-corrected chi connectivity index (χ1v) is 13.3. The molecule has 1 atom stereocenters. The number of pyridine rings is 1. The third kappa shape index (κ3) is 6.19. The Balaban J connectivity index is 1.36. The number of aliphatic hydroxyl groups is 1. The number of Topliss-reactive ketones (excluding diaryl/α,β-unsaturated/α-hetero) is 1. The fourth-order valence-corrected chi connectivity index (χ4v) is 5.12. The summed E-state index contributed by atoms with van der Waals surface area (Å²) in [6.45, 7) is 6.77. The largest absolute Gasteiger partial charge is 0.507 e. The molecule has 2 aliphatic rings. The van der Waals surface area contributed by atoms with Crippen LogP contribution in [-0.2, 0) is 20.9 Å². The van der Waals surface area contributed by atoms with Gasteiger partial charge in [-0.2, -0.15) is 0 Å². The lowest BCUT2D eigenvalue weighted by atomic mass is 9.96. The van der Waals surface area contributed by atoms with Gasteiger partial charge in [0.15, 0.2) is 0 Å². The number of morpholine rings is 1. The molecule has 0 unspecified atom stereocenters. The molecule has 3 heterocycles. The molecule has 0 saturated carbocycles. The van der Waals surface area contributed by atoms with Gasteiger partial charge >= 0.3 is 0 Å². The van der Waals surface area contributed by atoms with Gasteiger partial charge in [0.05, 0.1) is 24.8 Å². The molecule has 0 bridgehead atoms. The van der Waals surface area contributed by atoms with Gasteiger partial charge in [-0.05, 0) is 54.8 Å². The Morgan fingerprint density at radius 2 is 1.85 bits per heavy atom. The first-order valence-electron chi connectivity index (χ1n) is 13.3. The zero-order valence-corrected chi connectivity index (χ0v) is 22.1. The van der Waals surface area contributed by atoms with Crippen molar-refractivity contribution in [3.63, 3.8) is 0 Å². The summed E-state index contributed by atoms with van der Waals surface area (Å²) in [5.41, 5.74) is 3.43. The summed E-state index contributed by atoms with van der Waals surface area (Å²) < 4.78 is 11.3. The summed E-state index contributed by atoms with van der Waals surface area (Å²) in [6.07, 6.45) is 3.99. The molecule has 8 heteroatoms. The molecule has 2 saturated heterocycles. The lowest BCUT2D eigenvalue weighted by molar-refractivity contribution is -0.140. The van der Waals surface area contributed by atoms with Crippen LogP contribution in [0.5, 0.6) is 5.75 Å². The van der Waals surface area contributed by atoms with E-state index in [2.05, 4.69) is 16.0 Å². The maximum absolute atomic E-state index is 13.3. The summed E-state index contributed by atoms with van der Waals surface area (Å²) in [5, 5.41) is 11.3. The third-order valence-corrected chi connectivity index (χ3v) is 7.13. The SMILES string of the molecule is Cc1cccc(COc2ccc(/C(O)=C3\C(=O)C(=O)N(CCCN4CCOCC4)[C@@H]3c3cccnc3)cc2)c1. The smallest absolute Gasteiger partial charge is 0.295 e. The van der Waals surface area contributed by atoms with Crippen molar-refractivity contribution in [2.24, 2.45) is 0 Å². The van der Waals surface area contributed by atoms with E-state index in [0.717, 1.165) is 30.8 Å². The molecule has 39 heavy (non-hydrogen) atoms. The number of aliphatic hydroxyl groups excluding tert-OH is 1. The van der Waals surface area contributed by atoms with Crippen LogP contribution in [0.2, 0.25) is 0 Å². The van der Waals surface area contributed by atoms with Gasteiger partial charge in [-0.15, -0.1) is 0 Å². The van der Waals surface area contributed by atoms with Gasteiger partial charge in [0.2, 0.25) is 0 Å². The van der Waals surface area contributed by atoms with Crippen molar-refractivity contribution >= 4 is 17.4 Å². The molecule has 0 aliphatic carbocycles. The average Bonchev–Trinajstić information content (AvgIpc) is 3.22. The van der Waals surface area contributed by atoms with Crippen LogP contribution in [0.4, 0.5) is 0 Å². The van der Waals surface area contributed by atoms with Crippen molar-refractivity contribution in [1.29, 1.82) is 0 Å². The molecule has 3 aromatic rings. The van der Waals surface area contributed by atoms with E-state index in [1.165, 1.54) is 0 Å². The number of aromatic nitrogens is 1. The maximum Gasteiger partial charge on any atom is 0.295 e. The molecule has 2 aromatic carbocycles. The number of rotatable bonds is 9. The molecule has 2 fully saturated rings. The van der Waals surface area contributed by atoms with Crippen molar-refractivity contribution < 1.29 is 24.2 Å². The predicted molar refractivity (Wildman–Crippen MR) is 147 cm³/mol. The molecule has 0 radical (unpaired) electrons. The summed E-state index contributed by atoms with van der Waals surface area (Å²) in [5.74, 6) is -0.860. The van der Waals surface area contributed by atoms with Crippen molar-refractivity contribution in [1.82, 2.24) is 14.8 Å². The number of aryl methyl sites for hydroxylation is 1. The highest BCUT2D eigenvalue weighted by molar-refractivity contribution is 6.46. The number of nitrogens with zero attached hydrogens (tertiary/aromatic N) is 3. The Hall–Kier alpha value is -4.01. The number of likely N-dealkylation sites (tertiary alicyclic amines) is 1. The van der Waals surface area contributed by atoms with Gasteiger partial charge in [0, 0.05) is 44.1 Å². The number of amides is 1.